The van der Waals surface area contributed by atoms with Crippen molar-refractivity contribution in [3.63, 3.8) is 0 Å². The van der Waals surface area contributed by atoms with Crippen LogP contribution in [0, 0.1) is 0 Å². The van der Waals surface area contributed by atoms with Crippen molar-refractivity contribution in [2.75, 3.05) is 22.5 Å². The molecule has 0 aliphatic carbocycles. The molecule has 0 bridgehead atoms. The van der Waals surface area contributed by atoms with Crippen LogP contribution in [0.25, 0.3) is 0 Å². The zero-order valence-corrected chi connectivity index (χ0v) is 13.1. The molecule has 2 aromatic carbocycles. The molecule has 1 heterocycles. The predicted octanol–water partition coefficient (Wildman–Crippen LogP) is 2.84. The third-order valence-electron chi connectivity index (χ3n) is 3.79. The number of amides is 2. The SMILES string of the molecule is Nc1ccc(NC(=O)C(=O)N2CCCc3ccccc32)c(Cl)c1. The van der Waals surface area contributed by atoms with Gasteiger partial charge < -0.3 is 16.0 Å². The number of nitrogens with two attached hydrogens (primary N) is 1. The van der Waals surface area contributed by atoms with Crippen LogP contribution in [0.1, 0.15) is 12.0 Å². The van der Waals surface area contributed by atoms with Gasteiger partial charge in [0.05, 0.1) is 10.7 Å². The van der Waals surface area contributed by atoms with Crippen molar-refractivity contribution in [1.82, 2.24) is 0 Å². The van der Waals surface area contributed by atoms with Crippen LogP contribution < -0.4 is 16.0 Å². The van der Waals surface area contributed by atoms with Gasteiger partial charge in [0.25, 0.3) is 0 Å². The molecule has 0 fully saturated rings. The number of benzene rings is 2. The largest absolute Gasteiger partial charge is 0.399 e. The number of halogens is 1. The molecule has 23 heavy (non-hydrogen) atoms. The summed E-state index contributed by atoms with van der Waals surface area (Å²) in [6.07, 6.45) is 1.74. The van der Waals surface area contributed by atoms with Crippen LogP contribution in [-0.4, -0.2) is 18.4 Å². The van der Waals surface area contributed by atoms with Crippen LogP contribution in [0.4, 0.5) is 17.1 Å². The van der Waals surface area contributed by atoms with Crippen LogP contribution in [0.3, 0.4) is 0 Å². The Labute approximate surface area is 139 Å². The monoisotopic (exact) mass is 329 g/mol. The third kappa shape index (κ3) is 3.14. The Hall–Kier alpha value is -2.53. The standard InChI is InChI=1S/C17H16ClN3O2/c18-13-10-12(19)7-8-14(13)20-16(22)17(23)21-9-3-5-11-4-1-2-6-15(11)21/h1-2,4,6-8,10H,3,5,9,19H2,(H,20,22). The van der Waals surface area contributed by atoms with Crippen molar-refractivity contribution < 1.29 is 9.59 Å². The molecule has 1 aliphatic heterocycles. The molecule has 3 N–H and O–H groups in total. The highest BCUT2D eigenvalue weighted by Crippen LogP contribution is 2.28. The average Bonchev–Trinajstić information content (AvgIpc) is 2.56. The van der Waals surface area contributed by atoms with Crippen molar-refractivity contribution >= 4 is 40.5 Å². The zero-order valence-electron chi connectivity index (χ0n) is 12.4. The van der Waals surface area contributed by atoms with Gasteiger partial charge in [0.1, 0.15) is 0 Å². The molecule has 0 unspecified atom stereocenters. The van der Waals surface area contributed by atoms with Crippen LogP contribution >= 0.6 is 11.6 Å². The molecule has 118 valence electrons. The first-order chi connectivity index (χ1) is 11.1. The van der Waals surface area contributed by atoms with Crippen molar-refractivity contribution in [3.8, 4) is 0 Å². The van der Waals surface area contributed by atoms with Gasteiger partial charge in [-0.3, -0.25) is 9.59 Å². The van der Waals surface area contributed by atoms with E-state index in [1.807, 2.05) is 24.3 Å². The molecule has 0 saturated carbocycles. The predicted molar refractivity (Wildman–Crippen MR) is 91.6 cm³/mol. The van der Waals surface area contributed by atoms with E-state index in [0.29, 0.717) is 22.9 Å². The van der Waals surface area contributed by atoms with Crippen molar-refractivity contribution in [1.29, 1.82) is 0 Å². The van der Waals surface area contributed by atoms with Crippen molar-refractivity contribution in [3.05, 3.63) is 53.1 Å². The van der Waals surface area contributed by atoms with Gasteiger partial charge in [0.2, 0.25) is 0 Å². The second-order valence-electron chi connectivity index (χ2n) is 5.38. The Morgan fingerprint density at radius 2 is 1.96 bits per heavy atom. The third-order valence-corrected chi connectivity index (χ3v) is 4.10. The summed E-state index contributed by atoms with van der Waals surface area (Å²) in [5, 5.41) is 2.84. The molecule has 0 aromatic heterocycles. The number of nitrogens with zero attached hydrogens (tertiary/aromatic N) is 1. The second kappa shape index (κ2) is 6.30. The summed E-state index contributed by atoms with van der Waals surface area (Å²) >= 11 is 6.03. The summed E-state index contributed by atoms with van der Waals surface area (Å²) in [7, 11) is 0. The van der Waals surface area contributed by atoms with Gasteiger partial charge in [0.15, 0.2) is 0 Å². The Bertz CT molecular complexity index is 776. The number of anilines is 3. The molecule has 1 aliphatic rings. The lowest BCUT2D eigenvalue weighted by atomic mass is 10.0. The number of fused-ring (bicyclic) bond motifs is 1. The summed E-state index contributed by atoms with van der Waals surface area (Å²) in [6.45, 7) is 0.527. The highest BCUT2D eigenvalue weighted by atomic mass is 35.5. The molecule has 0 radical (unpaired) electrons. The second-order valence-corrected chi connectivity index (χ2v) is 5.79. The Kier molecular flexibility index (Phi) is 4.21. The van der Waals surface area contributed by atoms with E-state index in [4.69, 9.17) is 17.3 Å². The molecular weight excluding hydrogens is 314 g/mol. The quantitative estimate of drug-likeness (QED) is 0.624. The van der Waals surface area contributed by atoms with E-state index in [1.165, 1.54) is 11.0 Å². The number of para-hydroxylation sites is 1. The van der Waals surface area contributed by atoms with Gasteiger partial charge in [-0.2, -0.15) is 0 Å². The Balaban J connectivity index is 1.80. The van der Waals surface area contributed by atoms with Crippen LogP contribution in [-0.2, 0) is 16.0 Å². The molecule has 6 heteroatoms. The summed E-state index contributed by atoms with van der Waals surface area (Å²) in [5.74, 6) is -1.31. The van der Waals surface area contributed by atoms with E-state index in [0.717, 1.165) is 24.1 Å². The van der Waals surface area contributed by atoms with Gasteiger partial charge >= 0.3 is 11.8 Å². The maximum atomic E-state index is 12.5. The Morgan fingerprint density at radius 1 is 1.17 bits per heavy atom. The summed E-state index contributed by atoms with van der Waals surface area (Å²) in [6, 6.07) is 12.3. The number of carbonyl (C=O) groups is 2. The number of carbonyl (C=O) groups excluding carboxylic acids is 2. The van der Waals surface area contributed by atoms with Gasteiger partial charge in [0, 0.05) is 17.9 Å². The lowest BCUT2D eigenvalue weighted by molar-refractivity contribution is -0.134. The fourth-order valence-electron chi connectivity index (χ4n) is 2.68. The first-order valence-electron chi connectivity index (χ1n) is 7.32. The van der Waals surface area contributed by atoms with Gasteiger partial charge in [-0.05, 0) is 42.7 Å². The molecule has 0 saturated heterocycles. The van der Waals surface area contributed by atoms with Gasteiger partial charge in [-0.15, -0.1) is 0 Å². The Morgan fingerprint density at radius 3 is 2.74 bits per heavy atom. The minimum absolute atomic E-state index is 0.296. The summed E-state index contributed by atoms with van der Waals surface area (Å²) < 4.78 is 0. The van der Waals surface area contributed by atoms with E-state index in [9.17, 15) is 9.59 Å². The average molecular weight is 330 g/mol. The molecule has 2 amide bonds. The molecule has 0 atom stereocenters. The fourth-order valence-corrected chi connectivity index (χ4v) is 2.91. The molecule has 0 spiro atoms. The minimum atomic E-state index is -0.714. The summed E-state index contributed by atoms with van der Waals surface area (Å²) in [4.78, 5) is 26.3. The normalized spacial score (nSPS) is 13.3. The number of nitrogen functional groups attached to an aromatic ring is 1. The fraction of sp³-hybridized carbons (Fsp3) is 0.176. The summed E-state index contributed by atoms with van der Waals surface area (Å²) in [5.41, 5.74) is 8.34. The van der Waals surface area contributed by atoms with Crippen LogP contribution in [0.15, 0.2) is 42.5 Å². The maximum Gasteiger partial charge on any atom is 0.316 e. The molecule has 2 aromatic rings. The van der Waals surface area contributed by atoms with Crippen molar-refractivity contribution in [2.24, 2.45) is 0 Å². The van der Waals surface area contributed by atoms with E-state index in [-0.39, 0.29) is 0 Å². The number of hydrogen-bond donors (Lipinski definition) is 2. The molecule has 3 rings (SSSR count). The van der Waals surface area contributed by atoms with Crippen LogP contribution in [0.5, 0.6) is 0 Å². The topological polar surface area (TPSA) is 75.4 Å². The highest BCUT2D eigenvalue weighted by molar-refractivity contribution is 6.45. The number of rotatable bonds is 1. The minimum Gasteiger partial charge on any atom is -0.399 e. The lowest BCUT2D eigenvalue weighted by Crippen LogP contribution is -2.42. The van der Waals surface area contributed by atoms with Gasteiger partial charge in [-0.1, -0.05) is 29.8 Å². The number of hydrogen-bond acceptors (Lipinski definition) is 3. The molecule has 5 nitrogen and oxygen atoms in total. The van der Waals surface area contributed by atoms with E-state index in [2.05, 4.69) is 5.32 Å². The van der Waals surface area contributed by atoms with E-state index in [1.54, 1.807) is 12.1 Å². The smallest absolute Gasteiger partial charge is 0.316 e. The highest BCUT2D eigenvalue weighted by Gasteiger charge is 2.27. The molecular formula is C17H16ClN3O2. The maximum absolute atomic E-state index is 12.5. The zero-order chi connectivity index (χ0) is 16.4. The first-order valence-corrected chi connectivity index (χ1v) is 7.70. The van der Waals surface area contributed by atoms with E-state index >= 15 is 0 Å². The van der Waals surface area contributed by atoms with Gasteiger partial charge in [-0.25, -0.2) is 0 Å². The number of nitrogens with one attached hydrogen (secondary N) is 1. The van der Waals surface area contributed by atoms with E-state index < -0.39 is 11.8 Å². The lowest BCUT2D eigenvalue weighted by Gasteiger charge is -2.28. The van der Waals surface area contributed by atoms with Crippen molar-refractivity contribution in [2.45, 2.75) is 12.8 Å². The number of aryl methyl sites for hydroxylation is 1. The van der Waals surface area contributed by atoms with Crippen LogP contribution in [0.2, 0.25) is 5.02 Å². The first kappa shape index (κ1) is 15.4.